The number of hydrogen-bond donors (Lipinski definition) is 2. The van der Waals surface area contributed by atoms with Crippen LogP contribution in [0.25, 0.3) is 0 Å². The Kier molecular flexibility index (Phi) is 5.18. The first-order chi connectivity index (χ1) is 9.25. The van der Waals surface area contributed by atoms with Crippen LogP contribution in [0.1, 0.15) is 16.8 Å². The third-order valence-electron chi connectivity index (χ3n) is 3.20. The van der Waals surface area contributed by atoms with Crippen molar-refractivity contribution in [2.24, 2.45) is 0 Å². The van der Waals surface area contributed by atoms with Crippen molar-refractivity contribution in [3.63, 3.8) is 0 Å². The number of carboxylic acids is 1. The highest BCUT2D eigenvalue weighted by Gasteiger charge is 2.08. The lowest BCUT2D eigenvalue weighted by Gasteiger charge is -2.26. The first-order valence-electron chi connectivity index (χ1n) is 6.65. The van der Waals surface area contributed by atoms with Crippen LogP contribution in [0, 0.1) is 0 Å². The predicted molar refractivity (Wildman–Crippen MR) is 72.8 cm³/mol. The van der Waals surface area contributed by atoms with Crippen LogP contribution in [0.2, 0.25) is 0 Å². The first-order valence-corrected chi connectivity index (χ1v) is 6.65. The summed E-state index contributed by atoms with van der Waals surface area (Å²) in [6.45, 7) is 6.06. The molecule has 0 aromatic heterocycles. The van der Waals surface area contributed by atoms with E-state index in [2.05, 4.69) is 10.2 Å². The summed E-state index contributed by atoms with van der Waals surface area (Å²) in [5, 5.41) is 12.1. The molecule has 0 spiro atoms. The highest BCUT2D eigenvalue weighted by Crippen LogP contribution is 2.12. The SMILES string of the molecule is O=C(O)c1ccc(OCCCN2CCNCC2)cc1. The lowest BCUT2D eigenvalue weighted by molar-refractivity contribution is 0.0697. The minimum Gasteiger partial charge on any atom is -0.494 e. The average molecular weight is 264 g/mol. The molecule has 1 saturated heterocycles. The van der Waals surface area contributed by atoms with Gasteiger partial charge in [0.2, 0.25) is 0 Å². The smallest absolute Gasteiger partial charge is 0.335 e. The van der Waals surface area contributed by atoms with E-state index < -0.39 is 5.97 Å². The molecule has 1 aromatic rings. The Morgan fingerprint density at radius 2 is 1.95 bits per heavy atom. The van der Waals surface area contributed by atoms with Gasteiger partial charge in [-0.15, -0.1) is 0 Å². The minimum atomic E-state index is -0.912. The number of nitrogens with one attached hydrogen (secondary N) is 1. The van der Waals surface area contributed by atoms with Crippen LogP contribution in [-0.2, 0) is 0 Å². The lowest BCUT2D eigenvalue weighted by atomic mass is 10.2. The average Bonchev–Trinajstić information content (AvgIpc) is 2.45. The van der Waals surface area contributed by atoms with Crippen molar-refractivity contribution < 1.29 is 14.6 Å². The Hall–Kier alpha value is -1.59. The molecule has 2 N–H and O–H groups in total. The number of ether oxygens (including phenoxy) is 1. The highest BCUT2D eigenvalue weighted by atomic mass is 16.5. The summed E-state index contributed by atoms with van der Waals surface area (Å²) in [4.78, 5) is 13.1. The summed E-state index contributed by atoms with van der Waals surface area (Å²) in [6.07, 6.45) is 0.987. The molecule has 0 radical (unpaired) electrons. The van der Waals surface area contributed by atoms with Crippen LogP contribution in [0.15, 0.2) is 24.3 Å². The summed E-state index contributed by atoms with van der Waals surface area (Å²) >= 11 is 0. The number of piperazine rings is 1. The molecule has 0 saturated carbocycles. The normalized spacial score (nSPS) is 16.2. The van der Waals surface area contributed by atoms with Gasteiger partial charge in [0.15, 0.2) is 0 Å². The second kappa shape index (κ2) is 7.11. The largest absolute Gasteiger partial charge is 0.494 e. The van der Waals surface area contributed by atoms with Gasteiger partial charge in [-0.2, -0.15) is 0 Å². The van der Waals surface area contributed by atoms with Gasteiger partial charge in [0.1, 0.15) is 5.75 Å². The van der Waals surface area contributed by atoms with E-state index in [1.54, 1.807) is 24.3 Å². The van der Waals surface area contributed by atoms with E-state index >= 15 is 0 Å². The van der Waals surface area contributed by atoms with Crippen LogP contribution in [-0.4, -0.2) is 55.3 Å². The maximum absolute atomic E-state index is 10.7. The maximum atomic E-state index is 10.7. The second-order valence-electron chi connectivity index (χ2n) is 4.62. The van der Waals surface area contributed by atoms with Crippen molar-refractivity contribution in [1.82, 2.24) is 10.2 Å². The van der Waals surface area contributed by atoms with E-state index in [1.165, 1.54) is 0 Å². The van der Waals surface area contributed by atoms with Crippen molar-refractivity contribution in [3.8, 4) is 5.75 Å². The fourth-order valence-corrected chi connectivity index (χ4v) is 2.11. The van der Waals surface area contributed by atoms with Crippen LogP contribution in [0.3, 0.4) is 0 Å². The molecular weight excluding hydrogens is 244 g/mol. The molecule has 1 fully saturated rings. The van der Waals surface area contributed by atoms with Crippen molar-refractivity contribution in [3.05, 3.63) is 29.8 Å². The monoisotopic (exact) mass is 264 g/mol. The molecule has 0 amide bonds. The Balaban J connectivity index is 1.66. The second-order valence-corrected chi connectivity index (χ2v) is 4.62. The number of aromatic carboxylic acids is 1. The summed E-state index contributed by atoms with van der Waals surface area (Å²) in [5.41, 5.74) is 0.285. The van der Waals surface area contributed by atoms with Gasteiger partial charge in [-0.05, 0) is 30.7 Å². The lowest BCUT2D eigenvalue weighted by Crippen LogP contribution is -2.43. The van der Waals surface area contributed by atoms with Crippen LogP contribution < -0.4 is 10.1 Å². The van der Waals surface area contributed by atoms with Crippen molar-refractivity contribution in [2.45, 2.75) is 6.42 Å². The number of nitrogens with zero attached hydrogens (tertiary/aromatic N) is 1. The molecule has 0 bridgehead atoms. The van der Waals surface area contributed by atoms with Gasteiger partial charge in [-0.25, -0.2) is 4.79 Å². The van der Waals surface area contributed by atoms with Gasteiger partial charge in [0.05, 0.1) is 12.2 Å². The molecule has 2 rings (SSSR count). The first kappa shape index (κ1) is 13.8. The molecule has 0 aliphatic carbocycles. The van der Waals surface area contributed by atoms with Crippen LogP contribution in [0.5, 0.6) is 5.75 Å². The van der Waals surface area contributed by atoms with Crippen molar-refractivity contribution >= 4 is 5.97 Å². The zero-order chi connectivity index (χ0) is 13.5. The van der Waals surface area contributed by atoms with Gasteiger partial charge in [0.25, 0.3) is 0 Å². The van der Waals surface area contributed by atoms with E-state index in [1.807, 2.05) is 0 Å². The number of rotatable bonds is 6. The van der Waals surface area contributed by atoms with E-state index in [0.29, 0.717) is 6.61 Å². The van der Waals surface area contributed by atoms with Gasteiger partial charge >= 0.3 is 5.97 Å². The van der Waals surface area contributed by atoms with Crippen molar-refractivity contribution in [2.75, 3.05) is 39.3 Å². The zero-order valence-electron chi connectivity index (χ0n) is 11.0. The summed E-state index contributed by atoms with van der Waals surface area (Å²) in [5.74, 6) is -0.185. The Morgan fingerprint density at radius 3 is 2.58 bits per heavy atom. The molecule has 5 nitrogen and oxygen atoms in total. The third kappa shape index (κ3) is 4.54. The van der Waals surface area contributed by atoms with Gasteiger partial charge in [0, 0.05) is 32.7 Å². The quantitative estimate of drug-likeness (QED) is 0.752. The minimum absolute atomic E-state index is 0.285. The van der Waals surface area contributed by atoms with Crippen LogP contribution >= 0.6 is 0 Å². The van der Waals surface area contributed by atoms with E-state index in [9.17, 15) is 4.79 Å². The van der Waals surface area contributed by atoms with E-state index in [-0.39, 0.29) is 5.56 Å². The number of carboxylic acid groups (broad SMARTS) is 1. The summed E-state index contributed by atoms with van der Waals surface area (Å²) < 4.78 is 5.60. The van der Waals surface area contributed by atoms with Gasteiger partial charge < -0.3 is 20.1 Å². The molecule has 1 aromatic carbocycles. The molecular formula is C14H20N2O3. The molecule has 1 aliphatic heterocycles. The number of hydrogen-bond acceptors (Lipinski definition) is 4. The summed E-state index contributed by atoms with van der Waals surface area (Å²) in [7, 11) is 0. The fourth-order valence-electron chi connectivity index (χ4n) is 2.11. The van der Waals surface area contributed by atoms with E-state index in [0.717, 1.165) is 44.9 Å². The molecule has 1 aliphatic rings. The highest BCUT2D eigenvalue weighted by molar-refractivity contribution is 5.87. The molecule has 104 valence electrons. The Morgan fingerprint density at radius 1 is 1.26 bits per heavy atom. The number of carbonyl (C=O) groups is 1. The molecule has 0 atom stereocenters. The number of benzene rings is 1. The Labute approximate surface area is 113 Å². The standard InChI is InChI=1S/C14H20N2O3/c17-14(18)12-2-4-13(5-3-12)19-11-1-8-16-9-6-15-7-10-16/h2-5,15H,1,6-11H2,(H,17,18). The Bertz CT molecular complexity index is 400. The maximum Gasteiger partial charge on any atom is 0.335 e. The third-order valence-corrected chi connectivity index (χ3v) is 3.20. The predicted octanol–water partition coefficient (Wildman–Crippen LogP) is 1.06. The molecule has 19 heavy (non-hydrogen) atoms. The van der Waals surface area contributed by atoms with Gasteiger partial charge in [-0.1, -0.05) is 0 Å². The zero-order valence-corrected chi connectivity index (χ0v) is 11.0. The summed E-state index contributed by atoms with van der Waals surface area (Å²) in [6, 6.07) is 6.53. The van der Waals surface area contributed by atoms with Crippen molar-refractivity contribution in [1.29, 1.82) is 0 Å². The molecule has 5 heteroatoms. The molecule has 0 unspecified atom stereocenters. The van der Waals surface area contributed by atoms with E-state index in [4.69, 9.17) is 9.84 Å². The van der Waals surface area contributed by atoms with Gasteiger partial charge in [-0.3, -0.25) is 0 Å². The molecule has 1 heterocycles. The topological polar surface area (TPSA) is 61.8 Å². The van der Waals surface area contributed by atoms with Crippen LogP contribution in [0.4, 0.5) is 0 Å². The fraction of sp³-hybridized carbons (Fsp3) is 0.500.